The number of nitrogens with one attached hydrogen (secondary N) is 1. The maximum Gasteiger partial charge on any atom is 0.320 e. The molecule has 0 heterocycles. The smallest absolute Gasteiger partial charge is 0.320 e. The number of carbonyl (C=O) groups excluding carboxylic acids is 1. The van der Waals surface area contributed by atoms with E-state index in [9.17, 15) is 9.59 Å². The summed E-state index contributed by atoms with van der Waals surface area (Å²) in [5, 5.41) is 11.4. The van der Waals surface area contributed by atoms with Crippen molar-refractivity contribution >= 4 is 17.6 Å². The monoisotopic (exact) mass is 252 g/mol. The van der Waals surface area contributed by atoms with E-state index in [0.717, 1.165) is 0 Å². The van der Waals surface area contributed by atoms with Crippen LogP contribution in [0.3, 0.4) is 0 Å². The lowest BCUT2D eigenvalue weighted by Crippen LogP contribution is -2.32. The summed E-state index contributed by atoms with van der Waals surface area (Å²) in [6.07, 6.45) is 0.131. The Kier molecular flexibility index (Phi) is 4.67. The lowest BCUT2D eigenvalue weighted by atomic mass is 10.0. The van der Waals surface area contributed by atoms with Gasteiger partial charge in [-0.25, -0.2) is 0 Å². The van der Waals surface area contributed by atoms with Crippen LogP contribution in [0.15, 0.2) is 18.2 Å². The number of hydrogen-bond acceptors (Lipinski definition) is 4. The predicted molar refractivity (Wildman–Crippen MR) is 66.6 cm³/mol. The Labute approximate surface area is 105 Å². The topological polar surface area (TPSA) is 102 Å². The van der Waals surface area contributed by atoms with E-state index in [-0.39, 0.29) is 12.3 Å². The Hall–Kier alpha value is -2.08. The second-order valence-corrected chi connectivity index (χ2v) is 3.86. The third-order valence-corrected chi connectivity index (χ3v) is 2.36. The first-order chi connectivity index (χ1) is 8.43. The fraction of sp³-hybridized carbons (Fsp3) is 0.333. The predicted octanol–water partition coefficient (Wildman–Crippen LogP) is 0.608. The summed E-state index contributed by atoms with van der Waals surface area (Å²) in [6.45, 7) is 1.40. The van der Waals surface area contributed by atoms with Crippen molar-refractivity contribution in [2.24, 2.45) is 5.73 Å². The number of aliphatic carboxylic acids is 1. The zero-order valence-corrected chi connectivity index (χ0v) is 10.3. The molecule has 0 fully saturated rings. The van der Waals surface area contributed by atoms with E-state index in [1.165, 1.54) is 14.0 Å². The number of anilines is 1. The Morgan fingerprint density at radius 3 is 2.67 bits per heavy atom. The Morgan fingerprint density at radius 1 is 1.50 bits per heavy atom. The highest BCUT2D eigenvalue weighted by Crippen LogP contribution is 2.23. The van der Waals surface area contributed by atoms with E-state index in [2.05, 4.69) is 5.32 Å². The molecule has 0 radical (unpaired) electrons. The molecule has 4 N–H and O–H groups in total. The first-order valence-corrected chi connectivity index (χ1v) is 5.37. The standard InChI is InChI=1S/C12H16N2O4/c1-7(15)14-9-3-4-11(18-2)8(5-9)6-10(13)12(16)17/h3-5,10H,6,13H2,1-2H3,(H,14,15)(H,16,17). The van der Waals surface area contributed by atoms with Crippen LogP contribution in [0.5, 0.6) is 5.75 Å². The van der Waals surface area contributed by atoms with E-state index >= 15 is 0 Å². The van der Waals surface area contributed by atoms with Gasteiger partial charge >= 0.3 is 5.97 Å². The molecule has 0 bridgehead atoms. The fourth-order valence-electron chi connectivity index (χ4n) is 1.54. The van der Waals surface area contributed by atoms with Crippen molar-refractivity contribution in [2.75, 3.05) is 12.4 Å². The van der Waals surface area contributed by atoms with Gasteiger partial charge in [0, 0.05) is 19.0 Å². The van der Waals surface area contributed by atoms with E-state index in [4.69, 9.17) is 15.6 Å². The largest absolute Gasteiger partial charge is 0.496 e. The number of rotatable bonds is 5. The normalized spacial score (nSPS) is 11.7. The minimum atomic E-state index is -1.08. The van der Waals surface area contributed by atoms with Gasteiger partial charge in [0.05, 0.1) is 7.11 Å². The highest BCUT2D eigenvalue weighted by molar-refractivity contribution is 5.88. The van der Waals surface area contributed by atoms with Gasteiger partial charge in [0.15, 0.2) is 0 Å². The van der Waals surface area contributed by atoms with Crippen molar-refractivity contribution in [1.29, 1.82) is 0 Å². The highest BCUT2D eigenvalue weighted by atomic mass is 16.5. The molecule has 6 nitrogen and oxygen atoms in total. The summed E-state index contributed by atoms with van der Waals surface area (Å²) in [5.41, 5.74) is 6.70. The van der Waals surface area contributed by atoms with Crippen LogP contribution in [0.2, 0.25) is 0 Å². The van der Waals surface area contributed by atoms with Crippen LogP contribution >= 0.6 is 0 Å². The van der Waals surface area contributed by atoms with E-state index < -0.39 is 12.0 Å². The van der Waals surface area contributed by atoms with Crippen LogP contribution in [-0.2, 0) is 16.0 Å². The second kappa shape index (κ2) is 6.02. The molecule has 1 rings (SSSR count). The van der Waals surface area contributed by atoms with Crippen molar-refractivity contribution in [2.45, 2.75) is 19.4 Å². The number of methoxy groups -OCH3 is 1. The molecule has 6 heteroatoms. The molecule has 1 aromatic rings. The van der Waals surface area contributed by atoms with Crippen LogP contribution in [-0.4, -0.2) is 30.1 Å². The summed E-state index contributed by atoms with van der Waals surface area (Å²) < 4.78 is 5.12. The number of hydrogen-bond donors (Lipinski definition) is 3. The van der Waals surface area contributed by atoms with Crippen LogP contribution in [0.1, 0.15) is 12.5 Å². The quantitative estimate of drug-likeness (QED) is 0.712. The van der Waals surface area contributed by atoms with Crippen molar-refractivity contribution in [3.05, 3.63) is 23.8 Å². The molecule has 1 aromatic carbocycles. The number of ether oxygens (including phenoxy) is 1. The number of nitrogens with two attached hydrogens (primary N) is 1. The van der Waals surface area contributed by atoms with Crippen molar-refractivity contribution < 1.29 is 19.4 Å². The highest BCUT2D eigenvalue weighted by Gasteiger charge is 2.15. The summed E-state index contributed by atoms with van der Waals surface area (Å²) in [5.74, 6) is -0.739. The molecule has 98 valence electrons. The van der Waals surface area contributed by atoms with Gasteiger partial charge in [-0.15, -0.1) is 0 Å². The average molecular weight is 252 g/mol. The molecule has 1 unspecified atom stereocenters. The number of amides is 1. The van der Waals surface area contributed by atoms with Gasteiger partial charge < -0.3 is 20.9 Å². The summed E-state index contributed by atoms with van der Waals surface area (Å²) >= 11 is 0. The molecule has 0 aliphatic rings. The molecule has 1 atom stereocenters. The SMILES string of the molecule is COc1ccc(NC(C)=O)cc1CC(N)C(=O)O. The van der Waals surface area contributed by atoms with Crippen LogP contribution in [0, 0.1) is 0 Å². The molecule has 0 aliphatic carbocycles. The minimum Gasteiger partial charge on any atom is -0.496 e. The first-order valence-electron chi connectivity index (χ1n) is 5.37. The third kappa shape index (κ3) is 3.74. The molecule has 0 aliphatic heterocycles. The summed E-state index contributed by atoms with van der Waals surface area (Å²) in [6, 6.07) is 3.99. The Morgan fingerprint density at radius 2 is 2.17 bits per heavy atom. The molecule has 18 heavy (non-hydrogen) atoms. The first kappa shape index (κ1) is 14.0. The Balaban J connectivity index is 2.98. The molecular formula is C12H16N2O4. The van der Waals surface area contributed by atoms with Crippen molar-refractivity contribution in [3.8, 4) is 5.75 Å². The zero-order chi connectivity index (χ0) is 13.7. The van der Waals surface area contributed by atoms with Crippen molar-refractivity contribution in [3.63, 3.8) is 0 Å². The number of carboxylic acids is 1. The lowest BCUT2D eigenvalue weighted by Gasteiger charge is -2.13. The molecular weight excluding hydrogens is 236 g/mol. The molecule has 0 spiro atoms. The van der Waals surface area contributed by atoms with E-state index in [1.54, 1.807) is 18.2 Å². The van der Waals surface area contributed by atoms with E-state index in [1.807, 2.05) is 0 Å². The van der Waals surface area contributed by atoms with Crippen LogP contribution < -0.4 is 15.8 Å². The molecule has 0 saturated heterocycles. The number of benzene rings is 1. The van der Waals surface area contributed by atoms with Gasteiger partial charge in [0.1, 0.15) is 11.8 Å². The Bertz CT molecular complexity index is 459. The van der Waals surface area contributed by atoms with Gasteiger partial charge in [-0.3, -0.25) is 9.59 Å². The van der Waals surface area contributed by atoms with Gasteiger partial charge in [0.25, 0.3) is 0 Å². The van der Waals surface area contributed by atoms with Gasteiger partial charge in [-0.05, 0) is 23.8 Å². The minimum absolute atomic E-state index is 0.131. The maximum atomic E-state index is 10.9. The zero-order valence-electron chi connectivity index (χ0n) is 10.3. The summed E-state index contributed by atoms with van der Waals surface area (Å²) in [4.78, 5) is 21.7. The lowest BCUT2D eigenvalue weighted by molar-refractivity contribution is -0.138. The average Bonchev–Trinajstić information content (AvgIpc) is 2.28. The maximum absolute atomic E-state index is 10.9. The van der Waals surface area contributed by atoms with E-state index in [0.29, 0.717) is 17.0 Å². The second-order valence-electron chi connectivity index (χ2n) is 3.86. The van der Waals surface area contributed by atoms with Gasteiger partial charge in [0.2, 0.25) is 5.91 Å². The molecule has 0 saturated carbocycles. The number of carbonyl (C=O) groups is 2. The summed E-state index contributed by atoms with van der Waals surface area (Å²) in [7, 11) is 1.49. The fourth-order valence-corrected chi connectivity index (χ4v) is 1.54. The van der Waals surface area contributed by atoms with Gasteiger partial charge in [-0.1, -0.05) is 0 Å². The third-order valence-electron chi connectivity index (χ3n) is 2.36. The molecule has 0 aromatic heterocycles. The van der Waals surface area contributed by atoms with Crippen LogP contribution in [0.4, 0.5) is 5.69 Å². The van der Waals surface area contributed by atoms with Crippen LogP contribution in [0.25, 0.3) is 0 Å². The van der Waals surface area contributed by atoms with Crippen molar-refractivity contribution in [1.82, 2.24) is 0 Å². The molecule has 1 amide bonds. The van der Waals surface area contributed by atoms with Gasteiger partial charge in [-0.2, -0.15) is 0 Å². The number of carboxylic acid groups (broad SMARTS) is 1.